The van der Waals surface area contributed by atoms with Crippen LogP contribution in [0.25, 0.3) is 0 Å². The molecule has 1 nitrogen and oxygen atoms in total. The van der Waals surface area contributed by atoms with E-state index >= 15 is 0 Å². The zero-order chi connectivity index (χ0) is 15.1. The average Bonchev–Trinajstić information content (AvgIpc) is 2.22. The molecule has 19 heavy (non-hydrogen) atoms. The second-order valence-corrected chi connectivity index (χ2v) is 4.04. The summed E-state index contributed by atoms with van der Waals surface area (Å²) in [5.74, 6) is 0. The van der Waals surface area contributed by atoms with Crippen molar-refractivity contribution in [3.63, 3.8) is 0 Å². The Morgan fingerprint density at radius 3 is 1.26 bits per heavy atom. The van der Waals surface area contributed by atoms with Crippen molar-refractivity contribution >= 4 is 0 Å². The highest BCUT2D eigenvalue weighted by Gasteiger charge is 2.29. The van der Waals surface area contributed by atoms with Gasteiger partial charge in [0.15, 0.2) is 0 Å². The van der Waals surface area contributed by atoms with Gasteiger partial charge in [0, 0.05) is 12.8 Å². The van der Waals surface area contributed by atoms with Crippen molar-refractivity contribution in [2.45, 2.75) is 50.4 Å². The van der Waals surface area contributed by atoms with E-state index in [4.69, 9.17) is 0 Å². The van der Waals surface area contributed by atoms with Crippen LogP contribution >= 0.6 is 0 Å². The number of hydrogen-bond acceptors (Lipinski definition) is 1. The van der Waals surface area contributed by atoms with E-state index in [0.29, 0.717) is 0 Å². The minimum Gasteiger partial charge on any atom is -0.375 e. The first-order chi connectivity index (χ1) is 8.49. The minimum atomic E-state index is -4.49. The highest BCUT2D eigenvalue weighted by molar-refractivity contribution is 4.62. The van der Waals surface area contributed by atoms with Gasteiger partial charge in [0.1, 0.15) is 12.3 Å². The van der Waals surface area contributed by atoms with Gasteiger partial charge in [0.05, 0.1) is 13.2 Å². The highest BCUT2D eigenvalue weighted by atomic mass is 19.4. The van der Waals surface area contributed by atoms with Gasteiger partial charge in [-0.3, -0.25) is 0 Å². The van der Waals surface area contributed by atoms with Gasteiger partial charge in [-0.15, -0.1) is 0 Å². The van der Waals surface area contributed by atoms with E-state index in [1.54, 1.807) is 0 Å². The topological polar surface area (TPSA) is 9.23 Å². The Bertz CT molecular complexity index is 213. The van der Waals surface area contributed by atoms with Crippen molar-refractivity contribution < 1.29 is 39.9 Å². The van der Waals surface area contributed by atoms with Gasteiger partial charge in [0.2, 0.25) is 0 Å². The average molecular weight is 302 g/mol. The third kappa shape index (κ3) is 13.6. The Hall–Kier alpha value is -0.600. The molecule has 0 heterocycles. The van der Waals surface area contributed by atoms with Crippen molar-refractivity contribution in [3.8, 4) is 0 Å². The molecule has 0 radical (unpaired) electrons. The van der Waals surface area contributed by atoms with Crippen molar-refractivity contribution in [1.82, 2.24) is 0 Å². The van der Waals surface area contributed by atoms with Gasteiger partial charge in [-0.1, -0.05) is 0 Å². The lowest BCUT2D eigenvalue weighted by Crippen LogP contribution is -2.20. The Kier molecular flexibility index (Phi) is 7.61. The standard InChI is InChI=1S/C10H14F8O/c11-7(1-3-9(13,14)15)5-19-6-8(12)2-4-10(16,17)18/h7-8H,1-6H2. The summed E-state index contributed by atoms with van der Waals surface area (Å²) in [4.78, 5) is 0. The van der Waals surface area contributed by atoms with Gasteiger partial charge in [-0.2, -0.15) is 26.3 Å². The summed E-state index contributed by atoms with van der Waals surface area (Å²) in [5.41, 5.74) is 0. The predicted molar refractivity (Wildman–Crippen MR) is 51.2 cm³/mol. The molecular formula is C10H14F8O. The maximum atomic E-state index is 12.8. The van der Waals surface area contributed by atoms with Crippen LogP contribution in [0.4, 0.5) is 35.1 Å². The third-order valence-electron chi connectivity index (χ3n) is 2.08. The van der Waals surface area contributed by atoms with Crippen molar-refractivity contribution in [1.29, 1.82) is 0 Å². The maximum absolute atomic E-state index is 12.8. The fraction of sp³-hybridized carbons (Fsp3) is 1.00. The van der Waals surface area contributed by atoms with Gasteiger partial charge in [-0.05, 0) is 12.8 Å². The Morgan fingerprint density at radius 1 is 0.684 bits per heavy atom. The van der Waals surface area contributed by atoms with Crippen LogP contribution in [-0.4, -0.2) is 37.9 Å². The molecule has 9 heteroatoms. The highest BCUT2D eigenvalue weighted by Crippen LogP contribution is 2.24. The number of alkyl halides is 8. The summed E-state index contributed by atoms with van der Waals surface area (Å²) in [5, 5.41) is 0. The largest absolute Gasteiger partial charge is 0.389 e. The molecule has 0 spiro atoms. The fourth-order valence-corrected chi connectivity index (χ4v) is 1.13. The van der Waals surface area contributed by atoms with E-state index in [1.165, 1.54) is 0 Å². The van der Waals surface area contributed by atoms with E-state index in [0.717, 1.165) is 0 Å². The second kappa shape index (κ2) is 7.86. The molecular weight excluding hydrogens is 288 g/mol. The molecule has 0 bridgehead atoms. The lowest BCUT2D eigenvalue weighted by Gasteiger charge is -2.13. The summed E-state index contributed by atoms with van der Waals surface area (Å²) < 4.78 is 100. The molecule has 0 saturated heterocycles. The first kappa shape index (κ1) is 18.4. The molecule has 2 atom stereocenters. The van der Waals surface area contributed by atoms with Gasteiger partial charge in [-0.25, -0.2) is 8.78 Å². The monoisotopic (exact) mass is 302 g/mol. The summed E-state index contributed by atoms with van der Waals surface area (Å²) in [6.07, 6.45) is -17.1. The molecule has 0 fully saturated rings. The smallest absolute Gasteiger partial charge is 0.375 e. The molecule has 0 aliphatic heterocycles. The number of rotatable bonds is 8. The maximum Gasteiger partial charge on any atom is 0.389 e. The fourth-order valence-electron chi connectivity index (χ4n) is 1.13. The van der Waals surface area contributed by atoms with E-state index in [1.807, 2.05) is 0 Å². The van der Waals surface area contributed by atoms with E-state index in [2.05, 4.69) is 4.74 Å². The molecule has 0 amide bonds. The molecule has 0 aromatic heterocycles. The SMILES string of the molecule is FC(CCC(F)(F)F)COCC(F)CCC(F)(F)F. The Morgan fingerprint density at radius 2 is 1.00 bits per heavy atom. The second-order valence-electron chi connectivity index (χ2n) is 4.04. The molecule has 0 aliphatic rings. The van der Waals surface area contributed by atoms with Crippen LogP contribution in [0.5, 0.6) is 0 Å². The van der Waals surface area contributed by atoms with Crippen LogP contribution in [0.3, 0.4) is 0 Å². The summed E-state index contributed by atoms with van der Waals surface area (Å²) in [6.45, 7) is -1.52. The van der Waals surface area contributed by atoms with Crippen LogP contribution in [0.2, 0.25) is 0 Å². The van der Waals surface area contributed by atoms with Crippen LogP contribution in [0, 0.1) is 0 Å². The number of ether oxygens (including phenoxy) is 1. The molecule has 0 aromatic carbocycles. The zero-order valence-corrected chi connectivity index (χ0v) is 9.83. The molecule has 0 aliphatic carbocycles. The molecule has 0 rings (SSSR count). The molecule has 116 valence electrons. The number of halogens is 8. The van der Waals surface area contributed by atoms with Gasteiger partial charge in [0.25, 0.3) is 0 Å². The van der Waals surface area contributed by atoms with Crippen LogP contribution in [-0.2, 0) is 4.74 Å². The first-order valence-electron chi connectivity index (χ1n) is 5.49. The van der Waals surface area contributed by atoms with Gasteiger partial charge < -0.3 is 4.74 Å². The molecule has 0 aromatic rings. The van der Waals surface area contributed by atoms with Crippen molar-refractivity contribution in [2.75, 3.05) is 13.2 Å². The number of hydrogen-bond donors (Lipinski definition) is 0. The quantitative estimate of drug-likeness (QED) is 0.605. The minimum absolute atomic E-state index is 0.761. The Balaban J connectivity index is 3.61. The third-order valence-corrected chi connectivity index (χ3v) is 2.08. The molecule has 0 N–H and O–H groups in total. The first-order valence-corrected chi connectivity index (χ1v) is 5.49. The summed E-state index contributed by atoms with van der Waals surface area (Å²) in [6, 6.07) is 0. The van der Waals surface area contributed by atoms with Crippen molar-refractivity contribution in [3.05, 3.63) is 0 Å². The van der Waals surface area contributed by atoms with Crippen LogP contribution in [0.15, 0.2) is 0 Å². The normalized spacial score (nSPS) is 16.4. The van der Waals surface area contributed by atoms with Crippen molar-refractivity contribution in [2.24, 2.45) is 0 Å². The molecule has 0 saturated carbocycles. The van der Waals surface area contributed by atoms with Gasteiger partial charge >= 0.3 is 12.4 Å². The lowest BCUT2D eigenvalue weighted by atomic mass is 10.2. The van der Waals surface area contributed by atoms with E-state index < -0.39 is 63.6 Å². The zero-order valence-electron chi connectivity index (χ0n) is 9.83. The van der Waals surface area contributed by atoms with E-state index in [9.17, 15) is 35.1 Å². The summed E-state index contributed by atoms with van der Waals surface area (Å²) >= 11 is 0. The molecule has 2 unspecified atom stereocenters. The van der Waals surface area contributed by atoms with Crippen LogP contribution in [0.1, 0.15) is 25.7 Å². The van der Waals surface area contributed by atoms with E-state index in [-0.39, 0.29) is 0 Å². The summed E-state index contributed by atoms with van der Waals surface area (Å²) in [7, 11) is 0. The Labute approximate surface area is 104 Å². The predicted octanol–water partition coefficient (Wildman–Crippen LogP) is 4.36. The lowest BCUT2D eigenvalue weighted by molar-refractivity contribution is -0.140. The van der Waals surface area contributed by atoms with Crippen LogP contribution < -0.4 is 0 Å².